The number of benzene rings is 1. The molecule has 0 saturated carbocycles. The van der Waals surface area contributed by atoms with Gasteiger partial charge in [0.2, 0.25) is 0 Å². The number of methoxy groups -OCH3 is 1. The molecule has 24 heavy (non-hydrogen) atoms. The number of allylic oxidation sites excluding steroid dienone is 1. The van der Waals surface area contributed by atoms with Crippen molar-refractivity contribution in [1.29, 1.82) is 0 Å². The molecule has 0 amide bonds. The van der Waals surface area contributed by atoms with Crippen molar-refractivity contribution in [1.82, 2.24) is 14.8 Å². The topological polar surface area (TPSA) is 41.8 Å². The van der Waals surface area contributed by atoms with E-state index < -0.39 is 0 Å². The van der Waals surface area contributed by atoms with Gasteiger partial charge in [0, 0.05) is 61.3 Å². The Kier molecular flexibility index (Phi) is 4.36. The fourth-order valence-corrected chi connectivity index (χ4v) is 3.55. The van der Waals surface area contributed by atoms with Crippen LogP contribution in [0, 0.1) is 0 Å². The van der Waals surface area contributed by atoms with Crippen LogP contribution in [0.25, 0.3) is 16.5 Å². The first-order chi connectivity index (χ1) is 11.8. The molecule has 5 heteroatoms. The summed E-state index contributed by atoms with van der Waals surface area (Å²) in [6.45, 7) is 4.47. The maximum absolute atomic E-state index is 5.16. The number of ether oxygens (including phenoxy) is 1. The lowest BCUT2D eigenvalue weighted by molar-refractivity contribution is 0.170. The fraction of sp³-hybridized carbons (Fsp3) is 0.421. The molecular weight excluding hydrogens is 300 g/mol. The minimum Gasteiger partial charge on any atom is -0.383 e. The Morgan fingerprint density at radius 2 is 2.29 bits per heavy atom. The van der Waals surface area contributed by atoms with Crippen molar-refractivity contribution in [3.8, 4) is 0 Å². The van der Waals surface area contributed by atoms with Gasteiger partial charge in [0.05, 0.1) is 6.61 Å². The average molecular weight is 324 g/mol. The maximum Gasteiger partial charge on any atom is 0.109 e. The predicted octanol–water partition coefficient (Wildman–Crippen LogP) is 2.51. The molecule has 1 atom stereocenters. The number of nitrogens with zero attached hydrogens (tertiary/aromatic N) is 3. The van der Waals surface area contributed by atoms with Crippen LogP contribution in [-0.4, -0.2) is 55.7 Å². The van der Waals surface area contributed by atoms with E-state index in [2.05, 4.69) is 56.4 Å². The zero-order chi connectivity index (χ0) is 16.4. The standard InChI is InChI=1S/C19H24N4O/c1-24-9-8-22-13-17(11-21-14-22)15-2-3-19-16(10-15)5-7-23(19)18-4-6-20-12-18/h2-3,5,7,10-11,13,18,20H,4,6,8-9,12,14H2,1H3. The van der Waals surface area contributed by atoms with Crippen LogP contribution in [0.3, 0.4) is 0 Å². The Balaban J connectivity index is 1.61. The van der Waals surface area contributed by atoms with Crippen molar-refractivity contribution in [2.24, 2.45) is 4.99 Å². The van der Waals surface area contributed by atoms with Gasteiger partial charge in [0.15, 0.2) is 0 Å². The molecule has 2 aromatic rings. The number of aromatic nitrogens is 1. The van der Waals surface area contributed by atoms with Crippen LogP contribution in [-0.2, 0) is 4.74 Å². The summed E-state index contributed by atoms with van der Waals surface area (Å²) in [5, 5.41) is 4.74. The van der Waals surface area contributed by atoms with Gasteiger partial charge in [-0.05, 0) is 36.7 Å². The summed E-state index contributed by atoms with van der Waals surface area (Å²) in [6.07, 6.45) is 7.59. The quantitative estimate of drug-likeness (QED) is 0.919. The molecule has 2 aliphatic heterocycles. The highest BCUT2D eigenvalue weighted by atomic mass is 16.5. The molecule has 1 saturated heterocycles. The number of hydrogen-bond acceptors (Lipinski definition) is 4. The van der Waals surface area contributed by atoms with E-state index in [-0.39, 0.29) is 0 Å². The van der Waals surface area contributed by atoms with Gasteiger partial charge in [0.1, 0.15) is 6.67 Å². The van der Waals surface area contributed by atoms with Gasteiger partial charge in [-0.3, -0.25) is 4.99 Å². The molecule has 2 aliphatic rings. The van der Waals surface area contributed by atoms with Gasteiger partial charge in [-0.25, -0.2) is 0 Å². The highest BCUT2D eigenvalue weighted by Gasteiger charge is 2.18. The van der Waals surface area contributed by atoms with E-state index in [4.69, 9.17) is 4.74 Å². The van der Waals surface area contributed by atoms with Crippen LogP contribution >= 0.6 is 0 Å². The smallest absolute Gasteiger partial charge is 0.109 e. The Morgan fingerprint density at radius 3 is 3.12 bits per heavy atom. The minimum atomic E-state index is 0.577. The summed E-state index contributed by atoms with van der Waals surface area (Å²) in [6, 6.07) is 9.52. The van der Waals surface area contributed by atoms with Crippen LogP contribution in [0.5, 0.6) is 0 Å². The normalized spacial score (nSPS) is 20.8. The van der Waals surface area contributed by atoms with Crippen molar-refractivity contribution in [2.45, 2.75) is 12.5 Å². The summed E-state index contributed by atoms with van der Waals surface area (Å²) >= 11 is 0. The van der Waals surface area contributed by atoms with Crippen LogP contribution in [0.4, 0.5) is 0 Å². The second kappa shape index (κ2) is 6.79. The molecule has 1 aromatic carbocycles. The van der Waals surface area contributed by atoms with Gasteiger partial charge < -0.3 is 19.5 Å². The van der Waals surface area contributed by atoms with Crippen molar-refractivity contribution in [3.05, 3.63) is 42.2 Å². The molecule has 0 aliphatic carbocycles. The molecule has 126 valence electrons. The van der Waals surface area contributed by atoms with Crippen LogP contribution in [0.2, 0.25) is 0 Å². The first-order valence-corrected chi connectivity index (χ1v) is 8.61. The molecule has 1 N–H and O–H groups in total. The van der Waals surface area contributed by atoms with Gasteiger partial charge >= 0.3 is 0 Å². The van der Waals surface area contributed by atoms with Gasteiger partial charge in [-0.1, -0.05) is 6.07 Å². The Bertz CT molecular complexity index is 771. The van der Waals surface area contributed by atoms with Crippen molar-refractivity contribution < 1.29 is 4.74 Å². The van der Waals surface area contributed by atoms with Gasteiger partial charge in [0.25, 0.3) is 0 Å². The number of aliphatic imine (C=N–C) groups is 1. The van der Waals surface area contributed by atoms with E-state index in [1.165, 1.54) is 22.9 Å². The molecule has 0 spiro atoms. The third-order valence-corrected chi connectivity index (χ3v) is 4.88. The van der Waals surface area contributed by atoms with Crippen LogP contribution < -0.4 is 5.32 Å². The number of hydrogen-bond donors (Lipinski definition) is 1. The van der Waals surface area contributed by atoms with Crippen molar-refractivity contribution in [2.75, 3.05) is 40.0 Å². The van der Waals surface area contributed by atoms with Gasteiger partial charge in [-0.15, -0.1) is 0 Å². The van der Waals surface area contributed by atoms with E-state index >= 15 is 0 Å². The van der Waals surface area contributed by atoms with E-state index in [0.29, 0.717) is 12.7 Å². The maximum atomic E-state index is 5.16. The lowest BCUT2D eigenvalue weighted by atomic mass is 10.0. The summed E-state index contributed by atoms with van der Waals surface area (Å²) < 4.78 is 7.57. The fourth-order valence-electron chi connectivity index (χ4n) is 3.55. The summed E-state index contributed by atoms with van der Waals surface area (Å²) in [5.41, 5.74) is 3.70. The van der Waals surface area contributed by atoms with E-state index in [0.717, 1.165) is 31.8 Å². The lowest BCUT2D eigenvalue weighted by Gasteiger charge is -2.22. The first kappa shape index (κ1) is 15.4. The minimum absolute atomic E-state index is 0.577. The second-order valence-electron chi connectivity index (χ2n) is 6.49. The average Bonchev–Trinajstić information content (AvgIpc) is 3.28. The third-order valence-electron chi connectivity index (χ3n) is 4.88. The number of fused-ring (bicyclic) bond motifs is 1. The third kappa shape index (κ3) is 2.97. The summed E-state index contributed by atoms with van der Waals surface area (Å²) in [7, 11) is 1.73. The van der Waals surface area contributed by atoms with Gasteiger partial charge in [-0.2, -0.15) is 0 Å². The SMILES string of the molecule is COCCN1C=C(c2ccc3c(ccn3C3CCNC3)c2)C=NC1. The molecule has 5 nitrogen and oxygen atoms in total. The Morgan fingerprint density at radius 1 is 1.33 bits per heavy atom. The summed E-state index contributed by atoms with van der Waals surface area (Å²) in [4.78, 5) is 6.67. The monoisotopic (exact) mass is 324 g/mol. The predicted molar refractivity (Wildman–Crippen MR) is 98.4 cm³/mol. The largest absolute Gasteiger partial charge is 0.383 e. The molecule has 0 radical (unpaired) electrons. The Labute approximate surface area is 142 Å². The van der Waals surface area contributed by atoms with Crippen molar-refractivity contribution >= 4 is 22.7 Å². The molecule has 3 heterocycles. The second-order valence-corrected chi connectivity index (χ2v) is 6.49. The number of nitrogens with one attached hydrogen (secondary N) is 1. The van der Waals surface area contributed by atoms with E-state index in [1.54, 1.807) is 7.11 Å². The molecular formula is C19H24N4O. The zero-order valence-electron chi connectivity index (χ0n) is 14.1. The zero-order valence-corrected chi connectivity index (χ0v) is 14.1. The Hall–Kier alpha value is -2.11. The number of rotatable bonds is 5. The van der Waals surface area contributed by atoms with Crippen LogP contribution in [0.15, 0.2) is 41.7 Å². The van der Waals surface area contributed by atoms with E-state index in [9.17, 15) is 0 Å². The van der Waals surface area contributed by atoms with E-state index in [1.807, 2.05) is 6.21 Å². The molecule has 0 bridgehead atoms. The molecule has 1 fully saturated rings. The molecule has 1 unspecified atom stereocenters. The van der Waals surface area contributed by atoms with Crippen molar-refractivity contribution in [3.63, 3.8) is 0 Å². The molecule has 4 rings (SSSR count). The highest BCUT2D eigenvalue weighted by Crippen LogP contribution is 2.27. The molecule has 1 aromatic heterocycles. The lowest BCUT2D eigenvalue weighted by Crippen LogP contribution is -2.24. The highest BCUT2D eigenvalue weighted by molar-refractivity contribution is 6.11. The first-order valence-electron chi connectivity index (χ1n) is 8.61. The summed E-state index contributed by atoms with van der Waals surface area (Å²) in [5.74, 6) is 0. The van der Waals surface area contributed by atoms with Crippen LogP contribution in [0.1, 0.15) is 18.0 Å².